The molecule has 9 nitrogen and oxygen atoms in total. The molecule has 4 rings (SSSR count). The highest BCUT2D eigenvalue weighted by atomic mass is 79.9. The molecule has 0 N–H and O–H groups in total. The minimum Gasteiger partial charge on any atom is -0.488 e. The van der Waals surface area contributed by atoms with Gasteiger partial charge in [-0.05, 0) is 73.0 Å². The van der Waals surface area contributed by atoms with Crippen molar-refractivity contribution in [1.29, 1.82) is 0 Å². The van der Waals surface area contributed by atoms with E-state index >= 15 is 0 Å². The van der Waals surface area contributed by atoms with Gasteiger partial charge in [-0.3, -0.25) is 4.79 Å². The average molecular weight is 509 g/mol. The van der Waals surface area contributed by atoms with Crippen LogP contribution in [-0.4, -0.2) is 52.1 Å². The number of aromatic nitrogens is 4. The van der Waals surface area contributed by atoms with E-state index in [1.807, 2.05) is 19.2 Å². The van der Waals surface area contributed by atoms with E-state index in [-0.39, 0.29) is 24.3 Å². The highest BCUT2D eigenvalue weighted by molar-refractivity contribution is 9.10. The first-order chi connectivity index (χ1) is 15.5. The average Bonchev–Trinajstić information content (AvgIpc) is 3.19. The van der Waals surface area contributed by atoms with Crippen LogP contribution in [0, 0.1) is 5.92 Å². The monoisotopic (exact) mass is 508 g/mol. The van der Waals surface area contributed by atoms with Crippen LogP contribution in [0.3, 0.4) is 0 Å². The van der Waals surface area contributed by atoms with E-state index in [4.69, 9.17) is 18.9 Å². The summed E-state index contributed by atoms with van der Waals surface area (Å²) in [6.07, 6.45) is 6.17. The Balaban J connectivity index is 1.43. The van der Waals surface area contributed by atoms with Gasteiger partial charge in [0.05, 0.1) is 37.1 Å². The van der Waals surface area contributed by atoms with Gasteiger partial charge in [-0.2, -0.15) is 0 Å². The fourth-order valence-electron chi connectivity index (χ4n) is 4.21. The fourth-order valence-corrected chi connectivity index (χ4v) is 4.62. The largest absolute Gasteiger partial charge is 0.488 e. The molecule has 2 aromatic heterocycles. The zero-order chi connectivity index (χ0) is 22.5. The molecule has 1 aliphatic carbocycles. The van der Waals surface area contributed by atoms with E-state index in [0.717, 1.165) is 50.8 Å². The maximum Gasteiger partial charge on any atom is 0.308 e. The molecule has 1 unspecified atom stereocenters. The Morgan fingerprint density at radius 3 is 2.88 bits per heavy atom. The number of nitrogens with zero attached hydrogens (tertiary/aromatic N) is 4. The molecule has 0 radical (unpaired) electrons. The van der Waals surface area contributed by atoms with Gasteiger partial charge in [0.15, 0.2) is 12.0 Å². The van der Waals surface area contributed by atoms with Gasteiger partial charge in [-0.25, -0.2) is 9.67 Å². The SMILES string of the molecule is COC(=O)[C@H]1CCC[C@H](Oc2ccc(-c3nnn(C)c3COC3CCCCO3)nc2Br)C1. The summed E-state index contributed by atoms with van der Waals surface area (Å²) >= 11 is 3.53. The number of carbonyl (C=O) groups excluding carboxylic acids is 1. The van der Waals surface area contributed by atoms with Crippen LogP contribution in [0.25, 0.3) is 11.4 Å². The highest BCUT2D eigenvalue weighted by Gasteiger charge is 2.29. The van der Waals surface area contributed by atoms with Gasteiger partial charge in [0, 0.05) is 13.7 Å². The first-order valence-corrected chi connectivity index (χ1v) is 11.9. The zero-order valence-corrected chi connectivity index (χ0v) is 20.0. The number of ether oxygens (including phenoxy) is 4. The highest BCUT2D eigenvalue weighted by Crippen LogP contribution is 2.33. The minimum absolute atomic E-state index is 0.0484. The number of carbonyl (C=O) groups is 1. The lowest BCUT2D eigenvalue weighted by molar-refractivity contribution is -0.169. The third-order valence-corrected chi connectivity index (χ3v) is 6.57. The lowest BCUT2D eigenvalue weighted by atomic mass is 9.87. The van der Waals surface area contributed by atoms with Crippen molar-refractivity contribution in [3.05, 3.63) is 22.4 Å². The Labute approximate surface area is 195 Å². The molecule has 0 spiro atoms. The Morgan fingerprint density at radius 2 is 2.12 bits per heavy atom. The van der Waals surface area contributed by atoms with Gasteiger partial charge in [0.2, 0.25) is 0 Å². The third-order valence-electron chi connectivity index (χ3n) is 6.00. The summed E-state index contributed by atoms with van der Waals surface area (Å²) in [5.74, 6) is 0.364. The number of rotatable bonds is 7. The van der Waals surface area contributed by atoms with Crippen molar-refractivity contribution in [2.24, 2.45) is 13.0 Å². The quantitative estimate of drug-likeness (QED) is 0.411. The van der Waals surface area contributed by atoms with E-state index in [9.17, 15) is 4.79 Å². The van der Waals surface area contributed by atoms with Crippen molar-refractivity contribution in [2.75, 3.05) is 13.7 Å². The van der Waals surface area contributed by atoms with Gasteiger partial charge in [0.1, 0.15) is 10.3 Å². The number of pyridine rings is 1. The second kappa shape index (κ2) is 10.7. The first-order valence-electron chi connectivity index (χ1n) is 11.1. The summed E-state index contributed by atoms with van der Waals surface area (Å²) in [5, 5.41) is 8.44. The number of hydrogen-bond acceptors (Lipinski definition) is 8. The smallest absolute Gasteiger partial charge is 0.308 e. The predicted molar refractivity (Wildman–Crippen MR) is 119 cm³/mol. The molecule has 174 valence electrons. The van der Waals surface area contributed by atoms with Crippen LogP contribution in [-0.2, 0) is 32.7 Å². The van der Waals surface area contributed by atoms with E-state index in [2.05, 4.69) is 31.2 Å². The second-order valence-corrected chi connectivity index (χ2v) is 8.98. The number of halogens is 1. The summed E-state index contributed by atoms with van der Waals surface area (Å²) in [5.41, 5.74) is 2.18. The van der Waals surface area contributed by atoms with Crippen LogP contribution >= 0.6 is 15.9 Å². The van der Waals surface area contributed by atoms with E-state index in [1.165, 1.54) is 7.11 Å². The molecule has 32 heavy (non-hydrogen) atoms. The summed E-state index contributed by atoms with van der Waals surface area (Å²) in [4.78, 5) is 16.5. The van der Waals surface area contributed by atoms with Crippen LogP contribution in [0.1, 0.15) is 50.6 Å². The van der Waals surface area contributed by atoms with Crippen molar-refractivity contribution in [3.8, 4) is 17.1 Å². The number of methoxy groups -OCH3 is 1. The number of esters is 1. The lowest BCUT2D eigenvalue weighted by Crippen LogP contribution is -2.30. The van der Waals surface area contributed by atoms with Crippen LogP contribution in [0.4, 0.5) is 0 Å². The van der Waals surface area contributed by atoms with Crippen LogP contribution in [0.5, 0.6) is 5.75 Å². The molecule has 1 saturated heterocycles. The van der Waals surface area contributed by atoms with E-state index in [0.29, 0.717) is 34.8 Å². The van der Waals surface area contributed by atoms with Crippen LogP contribution in [0.2, 0.25) is 0 Å². The third kappa shape index (κ3) is 5.47. The molecule has 2 aromatic rings. The molecule has 3 atom stereocenters. The minimum atomic E-state index is -0.189. The Hall–Kier alpha value is -2.04. The lowest BCUT2D eigenvalue weighted by Gasteiger charge is -2.28. The normalized spacial score (nSPS) is 23.7. The molecular formula is C22H29BrN4O5. The molecular weight excluding hydrogens is 480 g/mol. The van der Waals surface area contributed by atoms with Crippen molar-refractivity contribution >= 4 is 21.9 Å². The second-order valence-electron chi connectivity index (χ2n) is 8.23. The maximum absolute atomic E-state index is 11.9. The van der Waals surface area contributed by atoms with Gasteiger partial charge in [0.25, 0.3) is 0 Å². The van der Waals surface area contributed by atoms with Gasteiger partial charge in [-0.15, -0.1) is 5.10 Å². The number of hydrogen-bond donors (Lipinski definition) is 0. The molecule has 2 aliphatic rings. The van der Waals surface area contributed by atoms with Crippen LogP contribution in [0.15, 0.2) is 16.7 Å². The standard InChI is InChI=1S/C22H29BrN4O5/c1-27-17(13-31-19-8-3-4-11-30-19)20(25-26-27)16-9-10-18(21(23)24-16)32-15-7-5-6-14(12-15)22(28)29-2/h9-10,14-15,19H,3-8,11-13H2,1-2H3/t14-,15-,19?/m0/s1. The zero-order valence-electron chi connectivity index (χ0n) is 18.5. The Kier molecular flexibility index (Phi) is 7.75. The fraction of sp³-hybridized carbons (Fsp3) is 0.636. The predicted octanol–water partition coefficient (Wildman–Crippen LogP) is 3.79. The Morgan fingerprint density at radius 1 is 1.25 bits per heavy atom. The molecule has 10 heteroatoms. The van der Waals surface area contributed by atoms with Crippen LogP contribution < -0.4 is 4.74 Å². The van der Waals surface area contributed by atoms with E-state index < -0.39 is 0 Å². The van der Waals surface area contributed by atoms with E-state index in [1.54, 1.807) is 4.68 Å². The topological polar surface area (TPSA) is 97.6 Å². The summed E-state index contributed by atoms with van der Waals surface area (Å²) < 4.78 is 24.9. The summed E-state index contributed by atoms with van der Waals surface area (Å²) in [6.45, 7) is 1.08. The van der Waals surface area contributed by atoms with Gasteiger partial charge >= 0.3 is 5.97 Å². The van der Waals surface area contributed by atoms with Gasteiger partial charge in [-0.1, -0.05) is 5.21 Å². The van der Waals surface area contributed by atoms with Crippen molar-refractivity contribution < 1.29 is 23.7 Å². The molecule has 1 aliphatic heterocycles. The number of aryl methyl sites for hydroxylation is 1. The summed E-state index contributed by atoms with van der Waals surface area (Å²) in [7, 11) is 3.27. The van der Waals surface area contributed by atoms with Crippen molar-refractivity contribution in [1.82, 2.24) is 20.0 Å². The molecule has 1 saturated carbocycles. The molecule has 3 heterocycles. The Bertz CT molecular complexity index is 931. The molecule has 0 amide bonds. The van der Waals surface area contributed by atoms with Gasteiger partial charge < -0.3 is 18.9 Å². The van der Waals surface area contributed by atoms with Crippen molar-refractivity contribution in [3.63, 3.8) is 0 Å². The molecule has 2 fully saturated rings. The maximum atomic E-state index is 11.9. The first kappa shape index (κ1) is 23.1. The molecule has 0 bridgehead atoms. The summed E-state index contributed by atoms with van der Waals surface area (Å²) in [6, 6.07) is 3.74. The molecule has 0 aromatic carbocycles. The van der Waals surface area contributed by atoms with Crippen molar-refractivity contribution in [2.45, 2.75) is 63.9 Å².